The number of halogens is 1. The van der Waals surface area contributed by atoms with Gasteiger partial charge in [-0.2, -0.15) is 0 Å². The van der Waals surface area contributed by atoms with Gasteiger partial charge >= 0.3 is 0 Å². The van der Waals surface area contributed by atoms with Gasteiger partial charge < -0.3 is 10.2 Å². The Kier molecular flexibility index (Phi) is 5.78. The van der Waals surface area contributed by atoms with Crippen LogP contribution in [0.2, 0.25) is 0 Å². The van der Waals surface area contributed by atoms with Crippen LogP contribution in [0.25, 0.3) is 0 Å². The van der Waals surface area contributed by atoms with Crippen molar-refractivity contribution in [3.8, 4) is 0 Å². The summed E-state index contributed by atoms with van der Waals surface area (Å²) < 4.78 is 13.9. The second-order valence-corrected chi connectivity index (χ2v) is 10.1. The third-order valence-electron chi connectivity index (χ3n) is 6.47. The molecule has 172 valence electrons. The number of Topliss-reactive ketones (excluding diaryl/α,β-unsaturated/α-hetero) is 1. The van der Waals surface area contributed by atoms with E-state index in [4.69, 9.17) is 17.2 Å². The van der Waals surface area contributed by atoms with Gasteiger partial charge in [0.1, 0.15) is 11.6 Å². The quantitative estimate of drug-likeness (QED) is 0.415. The van der Waals surface area contributed by atoms with Crippen LogP contribution in [0.15, 0.2) is 83.9 Å². The second kappa shape index (κ2) is 8.76. The van der Waals surface area contributed by atoms with Crippen molar-refractivity contribution in [3.63, 3.8) is 0 Å². The van der Waals surface area contributed by atoms with Gasteiger partial charge in [-0.25, -0.2) is 4.39 Å². The lowest BCUT2D eigenvalue weighted by atomic mass is 9.68. The molecule has 34 heavy (non-hydrogen) atoms. The van der Waals surface area contributed by atoms with Crippen LogP contribution in [0.4, 0.5) is 21.5 Å². The number of para-hydroxylation sites is 3. The van der Waals surface area contributed by atoms with Crippen LogP contribution in [-0.2, 0) is 4.79 Å². The van der Waals surface area contributed by atoms with Crippen LogP contribution in [-0.4, -0.2) is 16.6 Å². The fraction of sp³-hybridized carbons (Fsp3) is 0.250. The van der Waals surface area contributed by atoms with Crippen LogP contribution < -0.4 is 10.2 Å². The topological polar surface area (TPSA) is 44.7 Å². The molecule has 4 nitrogen and oxygen atoms in total. The van der Waals surface area contributed by atoms with E-state index in [-0.39, 0.29) is 17.0 Å². The van der Waals surface area contributed by atoms with Crippen LogP contribution in [0.3, 0.4) is 0 Å². The third kappa shape index (κ3) is 4.26. The molecular weight excluding hydrogens is 445 g/mol. The summed E-state index contributed by atoms with van der Waals surface area (Å²) in [5.74, 6) is -0.676. The number of carbonyl (C=O) groups is 1. The number of nitrogens with zero attached hydrogens (tertiary/aromatic N) is 2. The van der Waals surface area contributed by atoms with Gasteiger partial charge in [0.25, 0.3) is 0 Å². The summed E-state index contributed by atoms with van der Waals surface area (Å²) in [6.07, 6.45) is 1.17. The second-order valence-electron chi connectivity index (χ2n) is 9.72. The average molecular weight is 472 g/mol. The molecule has 1 aliphatic carbocycles. The molecule has 5 rings (SSSR count). The number of hydrogen-bond acceptors (Lipinski definition) is 3. The summed E-state index contributed by atoms with van der Waals surface area (Å²) in [5.41, 5.74) is 3.94. The first-order valence-corrected chi connectivity index (χ1v) is 11.8. The Morgan fingerprint density at radius 1 is 1.00 bits per heavy atom. The average Bonchev–Trinajstić information content (AvgIpc) is 2.94. The summed E-state index contributed by atoms with van der Waals surface area (Å²) in [7, 11) is 0. The van der Waals surface area contributed by atoms with E-state index in [1.807, 2.05) is 59.5 Å². The lowest BCUT2D eigenvalue weighted by Gasteiger charge is -2.41. The number of thiocarbonyl (C=S) groups is 1. The van der Waals surface area contributed by atoms with E-state index in [0.29, 0.717) is 18.0 Å². The van der Waals surface area contributed by atoms with Gasteiger partial charge in [0.15, 0.2) is 5.11 Å². The summed E-state index contributed by atoms with van der Waals surface area (Å²) >= 11 is 5.95. The summed E-state index contributed by atoms with van der Waals surface area (Å²) in [6.45, 7) is 4.21. The van der Waals surface area contributed by atoms with Crippen molar-refractivity contribution < 1.29 is 9.18 Å². The molecule has 0 spiro atoms. The number of carbonyl (C=O) groups excluding carboxylic acids is 1. The van der Waals surface area contributed by atoms with Crippen LogP contribution in [0, 0.1) is 17.2 Å². The number of hydrogen-bond donors (Lipinski definition) is 1. The molecule has 1 N–H and O–H groups in total. The first kappa shape index (κ1) is 22.4. The van der Waals surface area contributed by atoms with Gasteiger partial charge in [-0.15, -0.1) is 0 Å². The van der Waals surface area contributed by atoms with E-state index in [1.54, 1.807) is 12.1 Å². The maximum atomic E-state index is 13.9. The highest BCUT2D eigenvalue weighted by Gasteiger charge is 2.47. The minimum atomic E-state index is -0.485. The van der Waals surface area contributed by atoms with Crippen molar-refractivity contribution in [2.24, 2.45) is 16.3 Å². The summed E-state index contributed by atoms with van der Waals surface area (Å²) in [6, 6.07) is 23.4. The number of anilines is 2. The number of nitrogens with one attached hydrogen (secondary N) is 1. The molecule has 2 aliphatic rings. The van der Waals surface area contributed by atoms with E-state index < -0.39 is 12.0 Å². The molecule has 1 heterocycles. The summed E-state index contributed by atoms with van der Waals surface area (Å²) in [5, 5.41) is 3.80. The van der Waals surface area contributed by atoms with E-state index >= 15 is 0 Å². The van der Waals surface area contributed by atoms with Gasteiger partial charge in [-0.1, -0.05) is 56.3 Å². The lowest BCUT2D eigenvalue weighted by molar-refractivity contribution is -0.124. The number of benzene rings is 3. The lowest BCUT2D eigenvalue weighted by Crippen LogP contribution is -2.48. The Morgan fingerprint density at radius 3 is 2.41 bits per heavy atom. The molecule has 0 saturated heterocycles. The number of aliphatic imine (C=N–C) groups is 1. The van der Waals surface area contributed by atoms with Gasteiger partial charge in [0.2, 0.25) is 0 Å². The third-order valence-corrected chi connectivity index (χ3v) is 6.77. The van der Waals surface area contributed by atoms with Crippen molar-refractivity contribution in [1.29, 1.82) is 0 Å². The largest absolute Gasteiger partial charge is 0.332 e. The SMILES string of the molecule is CC1(C)CC(=O)C2C(=Nc3ccccc3N(C(=S)Nc3ccccc3)C2c2ccc(F)cc2)C1. The van der Waals surface area contributed by atoms with Crippen LogP contribution in [0.1, 0.15) is 38.3 Å². The number of fused-ring (bicyclic) bond motifs is 2. The fourth-order valence-corrected chi connectivity index (χ4v) is 5.39. The van der Waals surface area contributed by atoms with Crippen molar-refractivity contribution >= 4 is 45.9 Å². The Morgan fingerprint density at radius 2 is 1.68 bits per heavy atom. The molecule has 3 aromatic rings. The Hall–Kier alpha value is -3.38. The molecule has 6 heteroatoms. The highest BCUT2D eigenvalue weighted by atomic mass is 32.1. The molecule has 0 bridgehead atoms. The van der Waals surface area contributed by atoms with Crippen molar-refractivity contribution in [2.75, 3.05) is 10.2 Å². The standard InChI is InChI=1S/C28H26FN3OS/c1-28(2)16-22-25(24(33)17-28)26(18-12-14-19(29)15-13-18)32(23-11-7-6-10-21(23)31-22)27(34)30-20-8-4-3-5-9-20/h3-15,25-26H,16-17H2,1-2H3,(H,30,34). The maximum Gasteiger partial charge on any atom is 0.178 e. The zero-order valence-corrected chi connectivity index (χ0v) is 20.0. The predicted octanol–water partition coefficient (Wildman–Crippen LogP) is 6.86. The fourth-order valence-electron chi connectivity index (χ4n) is 5.06. The molecule has 0 radical (unpaired) electrons. The molecule has 1 saturated carbocycles. The van der Waals surface area contributed by atoms with E-state index in [2.05, 4.69) is 19.2 Å². The zero-order chi connectivity index (χ0) is 23.9. The molecule has 3 aromatic carbocycles. The monoisotopic (exact) mass is 471 g/mol. The zero-order valence-electron chi connectivity index (χ0n) is 19.2. The molecule has 1 aliphatic heterocycles. The smallest absolute Gasteiger partial charge is 0.178 e. The first-order valence-electron chi connectivity index (χ1n) is 11.4. The van der Waals surface area contributed by atoms with Gasteiger partial charge in [-0.3, -0.25) is 9.79 Å². The molecular formula is C28H26FN3OS. The molecule has 2 unspecified atom stereocenters. The van der Waals surface area contributed by atoms with Gasteiger partial charge in [-0.05, 0) is 66.0 Å². The predicted molar refractivity (Wildman–Crippen MR) is 139 cm³/mol. The Balaban J connectivity index is 1.70. The molecule has 1 fully saturated rings. The van der Waals surface area contributed by atoms with E-state index in [0.717, 1.165) is 28.3 Å². The van der Waals surface area contributed by atoms with Crippen LogP contribution >= 0.6 is 12.2 Å². The minimum absolute atomic E-state index is 0.129. The Bertz CT molecular complexity index is 1270. The minimum Gasteiger partial charge on any atom is -0.332 e. The van der Waals surface area contributed by atoms with Crippen molar-refractivity contribution in [1.82, 2.24) is 0 Å². The Labute approximate surface area is 204 Å². The molecule has 0 amide bonds. The van der Waals surface area contributed by atoms with E-state index in [1.165, 1.54) is 12.1 Å². The molecule has 2 atom stereocenters. The summed E-state index contributed by atoms with van der Waals surface area (Å²) in [4.78, 5) is 20.7. The van der Waals surface area contributed by atoms with Crippen molar-refractivity contribution in [3.05, 3.63) is 90.2 Å². The van der Waals surface area contributed by atoms with E-state index in [9.17, 15) is 9.18 Å². The highest BCUT2D eigenvalue weighted by Crippen LogP contribution is 2.48. The van der Waals surface area contributed by atoms with Gasteiger partial charge in [0, 0.05) is 17.8 Å². The maximum absolute atomic E-state index is 13.9. The first-order chi connectivity index (χ1) is 16.3. The van der Waals surface area contributed by atoms with Crippen LogP contribution in [0.5, 0.6) is 0 Å². The van der Waals surface area contributed by atoms with Crippen molar-refractivity contribution in [2.45, 2.75) is 32.7 Å². The highest BCUT2D eigenvalue weighted by molar-refractivity contribution is 7.80. The molecule has 0 aromatic heterocycles. The van der Waals surface area contributed by atoms with Gasteiger partial charge in [0.05, 0.1) is 23.3 Å². The number of ketones is 1. The number of rotatable bonds is 2. The normalized spacial score (nSPS) is 21.1.